The van der Waals surface area contributed by atoms with Crippen LogP contribution in [-0.4, -0.2) is 10.7 Å². The van der Waals surface area contributed by atoms with Crippen LogP contribution in [0.2, 0.25) is 0 Å². The van der Waals surface area contributed by atoms with Gasteiger partial charge in [0.2, 0.25) is 0 Å². The summed E-state index contributed by atoms with van der Waals surface area (Å²) in [6.45, 7) is 2.31. The molecule has 0 aliphatic carbocycles. The largest absolute Gasteiger partial charge is 0.152 e. The number of alkyl halides is 2. The predicted molar refractivity (Wildman–Crippen MR) is 68.3 cm³/mol. The fourth-order valence-electron chi connectivity index (χ4n) is 1.05. The van der Waals surface area contributed by atoms with Gasteiger partial charge in [-0.15, -0.1) is 0 Å². The average Bonchev–Trinajstić information content (AvgIpc) is 2.67. The molecule has 3 heteroatoms. The van der Waals surface area contributed by atoms with Crippen LogP contribution in [0.3, 0.4) is 0 Å². The fourth-order valence-corrected chi connectivity index (χ4v) is 3.24. The maximum atomic E-state index is 3.57. The zero-order chi connectivity index (χ0) is 9.73. The Labute approximate surface area is 101 Å². The van der Waals surface area contributed by atoms with Gasteiger partial charge in [0, 0.05) is 10.7 Å². The summed E-state index contributed by atoms with van der Waals surface area (Å²) in [5, 5.41) is 6.52. The maximum Gasteiger partial charge on any atom is 0.00934 e. The smallest absolute Gasteiger partial charge is 0.00934 e. The first-order valence-corrected chi connectivity index (χ1v) is 7.52. The number of halogens is 2. The summed E-state index contributed by atoms with van der Waals surface area (Å²) < 4.78 is 0. The third kappa shape index (κ3) is 3.72. The van der Waals surface area contributed by atoms with Gasteiger partial charge >= 0.3 is 0 Å². The van der Waals surface area contributed by atoms with Gasteiger partial charge in [0.15, 0.2) is 0 Å². The minimum atomic E-state index is 0.391. The third-order valence-electron chi connectivity index (χ3n) is 2.24. The van der Waals surface area contributed by atoms with Crippen LogP contribution in [0.1, 0.15) is 18.9 Å². The Balaban J connectivity index is 2.41. The average molecular weight is 326 g/mol. The molecule has 74 valence electrons. The van der Waals surface area contributed by atoms with Gasteiger partial charge in [0.1, 0.15) is 0 Å². The van der Waals surface area contributed by atoms with Crippen molar-refractivity contribution >= 4 is 43.2 Å². The second-order valence-electron chi connectivity index (χ2n) is 3.71. The number of hydrogen-bond donors (Lipinski definition) is 0. The first kappa shape index (κ1) is 11.7. The number of hydrogen-bond acceptors (Lipinski definition) is 1. The number of rotatable bonds is 5. The van der Waals surface area contributed by atoms with Gasteiger partial charge in [0.05, 0.1) is 0 Å². The van der Waals surface area contributed by atoms with Crippen molar-refractivity contribution in [2.24, 2.45) is 5.41 Å². The topological polar surface area (TPSA) is 0 Å². The molecule has 13 heavy (non-hydrogen) atoms. The van der Waals surface area contributed by atoms with Gasteiger partial charge in [-0.05, 0) is 40.6 Å². The van der Waals surface area contributed by atoms with Crippen LogP contribution >= 0.6 is 43.2 Å². The quantitative estimate of drug-likeness (QED) is 0.700. The van der Waals surface area contributed by atoms with Crippen LogP contribution in [-0.2, 0) is 6.42 Å². The van der Waals surface area contributed by atoms with E-state index in [4.69, 9.17) is 0 Å². The molecule has 0 aliphatic heterocycles. The van der Waals surface area contributed by atoms with E-state index >= 15 is 0 Å². The van der Waals surface area contributed by atoms with Crippen LogP contribution in [0.5, 0.6) is 0 Å². The van der Waals surface area contributed by atoms with E-state index in [1.165, 1.54) is 18.4 Å². The van der Waals surface area contributed by atoms with Crippen LogP contribution in [0, 0.1) is 5.41 Å². The van der Waals surface area contributed by atoms with Gasteiger partial charge in [0.25, 0.3) is 0 Å². The second-order valence-corrected chi connectivity index (χ2v) is 5.61. The Morgan fingerprint density at radius 1 is 1.38 bits per heavy atom. The summed E-state index contributed by atoms with van der Waals surface area (Å²) in [5.41, 5.74) is 1.86. The summed E-state index contributed by atoms with van der Waals surface area (Å²) in [6.07, 6.45) is 2.43. The molecule has 0 spiro atoms. The summed E-state index contributed by atoms with van der Waals surface area (Å²) in [5.74, 6) is 0. The van der Waals surface area contributed by atoms with Crippen molar-refractivity contribution < 1.29 is 0 Å². The molecule has 0 saturated heterocycles. The van der Waals surface area contributed by atoms with Gasteiger partial charge in [-0.25, -0.2) is 0 Å². The Hall–Kier alpha value is 0.660. The predicted octanol–water partition coefficient (Wildman–Crippen LogP) is 4.48. The molecule has 0 saturated carbocycles. The minimum absolute atomic E-state index is 0.391. The van der Waals surface area contributed by atoms with Gasteiger partial charge in [-0.3, -0.25) is 0 Å². The van der Waals surface area contributed by atoms with Crippen molar-refractivity contribution in [3.8, 4) is 0 Å². The first-order valence-electron chi connectivity index (χ1n) is 4.33. The molecular formula is C10H14Br2S. The standard InChI is InChI=1S/C10H14Br2S/c1-10(7-11,8-12)4-2-9-3-5-13-6-9/h3,5-6H,2,4,7-8H2,1H3. The van der Waals surface area contributed by atoms with E-state index in [1.54, 1.807) is 11.3 Å². The highest BCUT2D eigenvalue weighted by Gasteiger charge is 2.20. The van der Waals surface area contributed by atoms with Crippen molar-refractivity contribution in [3.63, 3.8) is 0 Å². The zero-order valence-corrected chi connectivity index (χ0v) is 11.7. The number of aryl methyl sites for hydroxylation is 1. The number of thiophene rings is 1. The summed E-state index contributed by atoms with van der Waals surface area (Å²) in [6, 6.07) is 2.22. The summed E-state index contributed by atoms with van der Waals surface area (Å²) >= 11 is 8.92. The van der Waals surface area contributed by atoms with E-state index in [0.717, 1.165) is 10.7 Å². The van der Waals surface area contributed by atoms with Crippen molar-refractivity contribution in [1.29, 1.82) is 0 Å². The highest BCUT2D eigenvalue weighted by atomic mass is 79.9. The van der Waals surface area contributed by atoms with E-state index in [0.29, 0.717) is 5.41 Å². The van der Waals surface area contributed by atoms with Crippen molar-refractivity contribution in [1.82, 2.24) is 0 Å². The Bertz CT molecular complexity index is 227. The van der Waals surface area contributed by atoms with E-state index < -0.39 is 0 Å². The van der Waals surface area contributed by atoms with Crippen molar-refractivity contribution in [2.45, 2.75) is 19.8 Å². The molecule has 0 atom stereocenters. The highest BCUT2D eigenvalue weighted by molar-refractivity contribution is 9.09. The van der Waals surface area contributed by atoms with E-state index in [9.17, 15) is 0 Å². The lowest BCUT2D eigenvalue weighted by molar-refractivity contribution is 0.403. The Morgan fingerprint density at radius 3 is 2.54 bits per heavy atom. The molecule has 0 radical (unpaired) electrons. The molecule has 1 aromatic rings. The van der Waals surface area contributed by atoms with Crippen LogP contribution in [0.15, 0.2) is 16.8 Å². The van der Waals surface area contributed by atoms with Crippen LogP contribution < -0.4 is 0 Å². The molecule has 0 fully saturated rings. The summed E-state index contributed by atoms with van der Waals surface area (Å²) in [4.78, 5) is 0. The Kier molecular flexibility index (Phi) is 4.98. The molecule has 1 rings (SSSR count). The maximum absolute atomic E-state index is 3.57. The van der Waals surface area contributed by atoms with Crippen molar-refractivity contribution in [3.05, 3.63) is 22.4 Å². The lowest BCUT2D eigenvalue weighted by Gasteiger charge is -2.24. The van der Waals surface area contributed by atoms with Gasteiger partial charge in [-0.2, -0.15) is 11.3 Å². The zero-order valence-electron chi connectivity index (χ0n) is 7.72. The normalized spacial score (nSPS) is 11.9. The second kappa shape index (κ2) is 5.52. The summed E-state index contributed by atoms with van der Waals surface area (Å²) in [7, 11) is 0. The van der Waals surface area contributed by atoms with Crippen LogP contribution in [0.25, 0.3) is 0 Å². The van der Waals surface area contributed by atoms with Gasteiger partial charge in [-0.1, -0.05) is 38.8 Å². The van der Waals surface area contributed by atoms with Crippen LogP contribution in [0.4, 0.5) is 0 Å². The van der Waals surface area contributed by atoms with Gasteiger partial charge < -0.3 is 0 Å². The molecule has 0 amide bonds. The highest BCUT2D eigenvalue weighted by Crippen LogP contribution is 2.28. The third-order valence-corrected chi connectivity index (χ3v) is 5.68. The molecule has 1 heterocycles. The minimum Gasteiger partial charge on any atom is -0.152 e. The van der Waals surface area contributed by atoms with E-state index in [2.05, 4.69) is 55.6 Å². The molecule has 0 aliphatic rings. The van der Waals surface area contributed by atoms with E-state index in [-0.39, 0.29) is 0 Å². The Morgan fingerprint density at radius 2 is 2.08 bits per heavy atom. The lowest BCUT2D eigenvalue weighted by Crippen LogP contribution is -2.20. The molecule has 0 aromatic carbocycles. The molecular weight excluding hydrogens is 312 g/mol. The monoisotopic (exact) mass is 324 g/mol. The molecule has 0 nitrogen and oxygen atoms in total. The molecule has 0 N–H and O–H groups in total. The lowest BCUT2D eigenvalue weighted by atomic mass is 9.89. The SMILES string of the molecule is CC(CBr)(CBr)CCc1ccsc1. The van der Waals surface area contributed by atoms with E-state index in [1.807, 2.05) is 0 Å². The molecule has 1 aromatic heterocycles. The molecule has 0 bridgehead atoms. The van der Waals surface area contributed by atoms with Crippen molar-refractivity contribution in [2.75, 3.05) is 10.7 Å². The first-order chi connectivity index (χ1) is 6.20. The molecule has 0 unspecified atom stereocenters. The fraction of sp³-hybridized carbons (Fsp3) is 0.600.